The van der Waals surface area contributed by atoms with Crippen molar-refractivity contribution < 1.29 is 27.5 Å². The SMILES string of the molecule is NC(=O)c1cc(CC2CC3(C2)CN(C(=O)N2CC[C@H](c4ncn[nH]4)C2)C3)ccc1OC(F)(F)F. The molecule has 182 valence electrons. The molecule has 1 aliphatic carbocycles. The van der Waals surface area contributed by atoms with Crippen molar-refractivity contribution in [2.24, 2.45) is 17.1 Å². The number of carbonyl (C=O) groups is 2. The Balaban J connectivity index is 1.11. The quantitative estimate of drug-likeness (QED) is 0.685. The van der Waals surface area contributed by atoms with Crippen LogP contribution in [0, 0.1) is 11.3 Å². The maximum Gasteiger partial charge on any atom is 0.573 e. The number of nitrogens with zero attached hydrogens (tertiary/aromatic N) is 4. The number of H-pyrrole nitrogens is 1. The molecule has 1 saturated carbocycles. The molecule has 9 nitrogen and oxygen atoms in total. The highest BCUT2D eigenvalue weighted by Gasteiger charge is 2.54. The molecule has 2 aliphatic heterocycles. The number of urea groups is 1. The molecule has 2 saturated heterocycles. The number of ether oxygens (including phenoxy) is 1. The molecule has 0 radical (unpaired) electrons. The van der Waals surface area contributed by atoms with Crippen molar-refractivity contribution in [3.63, 3.8) is 0 Å². The summed E-state index contributed by atoms with van der Waals surface area (Å²) in [5, 5.41) is 6.76. The van der Waals surface area contributed by atoms with Gasteiger partial charge in [-0.2, -0.15) is 5.10 Å². The summed E-state index contributed by atoms with van der Waals surface area (Å²) in [5.41, 5.74) is 5.83. The molecule has 3 amide bonds. The van der Waals surface area contributed by atoms with Crippen LogP contribution in [0.4, 0.5) is 18.0 Å². The molecule has 5 rings (SSSR count). The van der Waals surface area contributed by atoms with E-state index in [0.717, 1.165) is 49.8 Å². The second-order valence-electron chi connectivity index (χ2n) is 9.66. The second kappa shape index (κ2) is 8.17. The van der Waals surface area contributed by atoms with Crippen LogP contribution in [0.15, 0.2) is 24.5 Å². The zero-order chi connectivity index (χ0) is 24.1. The fourth-order valence-corrected chi connectivity index (χ4v) is 5.68. The average Bonchev–Trinajstić information content (AvgIpc) is 3.39. The molecule has 0 bridgehead atoms. The van der Waals surface area contributed by atoms with Gasteiger partial charge in [0.05, 0.1) is 5.56 Å². The Kier molecular flexibility index (Phi) is 5.40. The Morgan fingerprint density at radius 3 is 2.65 bits per heavy atom. The molecule has 1 aromatic carbocycles. The van der Waals surface area contributed by atoms with Crippen LogP contribution in [-0.4, -0.2) is 69.5 Å². The summed E-state index contributed by atoms with van der Waals surface area (Å²) in [5.74, 6) is -0.209. The third-order valence-electron chi connectivity index (χ3n) is 7.11. The largest absolute Gasteiger partial charge is 0.573 e. The first-order valence-corrected chi connectivity index (χ1v) is 11.2. The lowest BCUT2D eigenvalue weighted by molar-refractivity contribution is -0.274. The van der Waals surface area contributed by atoms with Crippen LogP contribution in [0.25, 0.3) is 0 Å². The second-order valence-corrected chi connectivity index (χ2v) is 9.66. The zero-order valence-corrected chi connectivity index (χ0v) is 18.3. The monoisotopic (exact) mass is 478 g/mol. The molecule has 1 spiro atoms. The summed E-state index contributed by atoms with van der Waals surface area (Å²) in [6.07, 6.45) is -0.0549. The van der Waals surface area contributed by atoms with E-state index in [0.29, 0.717) is 25.4 Å². The van der Waals surface area contributed by atoms with Gasteiger partial charge < -0.3 is 20.3 Å². The third kappa shape index (κ3) is 4.40. The summed E-state index contributed by atoms with van der Waals surface area (Å²) < 4.78 is 41.6. The standard InChI is InChI=1S/C22H25F3N6O3/c23-22(24,25)34-17-2-1-13(6-16(17)18(26)32)5-14-7-21(8-14)10-31(11-21)20(33)30-4-3-15(9-30)19-27-12-28-29-19/h1-2,6,12,14-15H,3-5,7-11H2,(H2,26,32)(H,27,28,29)/t15-/m0/s1. The van der Waals surface area contributed by atoms with Crippen LogP contribution >= 0.6 is 0 Å². The van der Waals surface area contributed by atoms with Crippen LogP contribution in [0.5, 0.6) is 5.75 Å². The highest BCUT2D eigenvalue weighted by Crippen LogP contribution is 2.53. The molecule has 1 aromatic heterocycles. The van der Waals surface area contributed by atoms with Crippen molar-refractivity contribution in [2.75, 3.05) is 26.2 Å². The van der Waals surface area contributed by atoms with Crippen molar-refractivity contribution in [3.8, 4) is 5.75 Å². The Morgan fingerprint density at radius 2 is 2.00 bits per heavy atom. The predicted molar refractivity (Wildman–Crippen MR) is 113 cm³/mol. The number of alkyl halides is 3. The number of halogens is 3. The number of nitrogens with one attached hydrogen (secondary N) is 1. The predicted octanol–water partition coefficient (Wildman–Crippen LogP) is 2.67. The summed E-state index contributed by atoms with van der Waals surface area (Å²) in [4.78, 5) is 32.4. The van der Waals surface area contributed by atoms with Gasteiger partial charge >= 0.3 is 12.4 Å². The Hall–Kier alpha value is -3.31. The molecular formula is C22H25F3N6O3. The number of hydrogen-bond donors (Lipinski definition) is 2. The number of nitrogens with two attached hydrogens (primary N) is 1. The first-order valence-electron chi connectivity index (χ1n) is 11.2. The van der Waals surface area contributed by atoms with E-state index in [1.54, 1.807) is 0 Å². The Labute approximate surface area is 193 Å². The number of primary amides is 1. The molecular weight excluding hydrogens is 453 g/mol. The normalized spacial score (nSPS) is 21.9. The van der Waals surface area contributed by atoms with Crippen LogP contribution < -0.4 is 10.5 Å². The Morgan fingerprint density at radius 1 is 1.24 bits per heavy atom. The number of benzene rings is 1. The van der Waals surface area contributed by atoms with Gasteiger partial charge in [-0.1, -0.05) is 6.07 Å². The van der Waals surface area contributed by atoms with Gasteiger partial charge in [-0.05, 0) is 49.3 Å². The average molecular weight is 478 g/mol. The van der Waals surface area contributed by atoms with Crippen molar-refractivity contribution in [2.45, 2.75) is 38.0 Å². The van der Waals surface area contributed by atoms with E-state index in [2.05, 4.69) is 19.9 Å². The van der Waals surface area contributed by atoms with E-state index >= 15 is 0 Å². The highest BCUT2D eigenvalue weighted by atomic mass is 19.4. The molecule has 0 unspecified atom stereocenters. The van der Waals surface area contributed by atoms with Gasteiger partial charge in [0.1, 0.15) is 17.9 Å². The fourth-order valence-electron chi connectivity index (χ4n) is 5.68. The number of hydrogen-bond acceptors (Lipinski definition) is 5. The first-order chi connectivity index (χ1) is 16.1. The number of amides is 3. The molecule has 3 heterocycles. The lowest BCUT2D eigenvalue weighted by atomic mass is 9.56. The number of likely N-dealkylation sites (tertiary alicyclic amines) is 2. The lowest BCUT2D eigenvalue weighted by Gasteiger charge is -2.59. The summed E-state index contributed by atoms with van der Waals surface area (Å²) >= 11 is 0. The summed E-state index contributed by atoms with van der Waals surface area (Å²) in [6, 6.07) is 4.11. The Bertz CT molecular complexity index is 1080. The van der Waals surface area contributed by atoms with Crippen LogP contribution in [0.2, 0.25) is 0 Å². The van der Waals surface area contributed by atoms with Gasteiger partial charge in [0.25, 0.3) is 5.91 Å². The molecule has 2 aromatic rings. The maximum atomic E-state index is 12.8. The molecule has 3 fully saturated rings. The van der Waals surface area contributed by atoms with Gasteiger partial charge in [0, 0.05) is 37.5 Å². The minimum absolute atomic E-state index is 0.0578. The van der Waals surface area contributed by atoms with E-state index in [1.165, 1.54) is 18.5 Å². The third-order valence-corrected chi connectivity index (χ3v) is 7.11. The van der Waals surface area contributed by atoms with Gasteiger partial charge in [0.2, 0.25) is 0 Å². The first kappa shape index (κ1) is 22.5. The minimum Gasteiger partial charge on any atom is -0.405 e. The maximum absolute atomic E-state index is 12.8. The van der Waals surface area contributed by atoms with Crippen molar-refractivity contribution in [1.29, 1.82) is 0 Å². The number of carbonyl (C=O) groups excluding carboxylic acids is 2. The zero-order valence-electron chi connectivity index (χ0n) is 18.3. The fraction of sp³-hybridized carbons (Fsp3) is 0.545. The highest BCUT2D eigenvalue weighted by molar-refractivity contribution is 5.95. The van der Waals surface area contributed by atoms with Gasteiger partial charge in [0.15, 0.2) is 0 Å². The van der Waals surface area contributed by atoms with E-state index in [-0.39, 0.29) is 22.9 Å². The van der Waals surface area contributed by atoms with Crippen molar-refractivity contribution in [1.82, 2.24) is 25.0 Å². The summed E-state index contributed by atoms with van der Waals surface area (Å²) in [6.45, 7) is 2.77. The molecule has 3 N–H and O–H groups in total. The van der Waals surface area contributed by atoms with E-state index in [1.807, 2.05) is 9.80 Å². The smallest absolute Gasteiger partial charge is 0.405 e. The van der Waals surface area contributed by atoms with Crippen molar-refractivity contribution in [3.05, 3.63) is 41.5 Å². The van der Waals surface area contributed by atoms with Gasteiger partial charge in [-0.15, -0.1) is 13.2 Å². The van der Waals surface area contributed by atoms with E-state index in [4.69, 9.17) is 5.73 Å². The van der Waals surface area contributed by atoms with E-state index in [9.17, 15) is 22.8 Å². The van der Waals surface area contributed by atoms with E-state index < -0.39 is 18.0 Å². The number of rotatable bonds is 5. The molecule has 3 aliphatic rings. The van der Waals surface area contributed by atoms with Gasteiger partial charge in [-0.25, -0.2) is 9.78 Å². The molecule has 1 atom stereocenters. The number of aromatic amines is 1. The van der Waals surface area contributed by atoms with Gasteiger partial charge in [-0.3, -0.25) is 9.89 Å². The van der Waals surface area contributed by atoms with Crippen LogP contribution in [0.1, 0.15) is 46.9 Å². The van der Waals surface area contributed by atoms with Crippen LogP contribution in [-0.2, 0) is 6.42 Å². The van der Waals surface area contributed by atoms with Crippen molar-refractivity contribution >= 4 is 11.9 Å². The molecule has 34 heavy (non-hydrogen) atoms. The topological polar surface area (TPSA) is 117 Å². The summed E-state index contributed by atoms with van der Waals surface area (Å²) in [7, 11) is 0. The lowest BCUT2D eigenvalue weighted by Crippen LogP contribution is -2.65. The van der Waals surface area contributed by atoms with Crippen LogP contribution in [0.3, 0.4) is 0 Å². The molecule has 12 heteroatoms. The minimum atomic E-state index is -4.90. The number of aromatic nitrogens is 3.